The van der Waals surface area contributed by atoms with Crippen LogP contribution in [-0.4, -0.2) is 57.7 Å². The molecule has 0 spiro atoms. The molecule has 0 aliphatic carbocycles. The number of hydroxylamine groups is 2. The standard InChI is InChI=1S/C13H22N2O5/c1-2-3-5-10(8-14(20)9-16)12(17)15-7-4-6-11(15)13(18)19/h9-11,20H,2-8H2,1H3,(H,18,19)/t10-,11?/m1/s1. The van der Waals surface area contributed by atoms with Gasteiger partial charge in [-0.3, -0.25) is 14.8 Å². The van der Waals surface area contributed by atoms with E-state index in [1.165, 1.54) is 4.90 Å². The SMILES string of the molecule is CCCC[C@H](CN(O)C=O)C(=O)N1CCCC1C(=O)O. The number of likely N-dealkylation sites (tertiary alicyclic amines) is 1. The van der Waals surface area contributed by atoms with Crippen molar-refractivity contribution in [2.45, 2.75) is 45.1 Å². The van der Waals surface area contributed by atoms with Crippen molar-refractivity contribution in [3.05, 3.63) is 0 Å². The molecule has 1 aliphatic rings. The van der Waals surface area contributed by atoms with Crippen molar-refractivity contribution < 1.29 is 24.7 Å². The molecule has 1 fully saturated rings. The topological polar surface area (TPSA) is 98.2 Å². The second-order valence-electron chi connectivity index (χ2n) is 5.09. The van der Waals surface area contributed by atoms with Crippen LogP contribution in [-0.2, 0) is 14.4 Å². The Morgan fingerprint density at radius 3 is 2.75 bits per heavy atom. The Balaban J connectivity index is 2.75. The third kappa shape index (κ3) is 4.19. The maximum absolute atomic E-state index is 12.4. The number of rotatable bonds is 8. The van der Waals surface area contributed by atoms with Gasteiger partial charge in [0.15, 0.2) is 0 Å². The van der Waals surface area contributed by atoms with Crippen molar-refractivity contribution in [2.75, 3.05) is 13.1 Å². The molecule has 2 amide bonds. The highest BCUT2D eigenvalue weighted by atomic mass is 16.5. The van der Waals surface area contributed by atoms with Crippen molar-refractivity contribution in [1.82, 2.24) is 9.96 Å². The van der Waals surface area contributed by atoms with Gasteiger partial charge in [-0.1, -0.05) is 19.8 Å². The second kappa shape index (κ2) is 7.84. The number of carbonyl (C=O) groups excluding carboxylic acids is 2. The van der Waals surface area contributed by atoms with Crippen LogP contribution >= 0.6 is 0 Å². The fourth-order valence-electron chi connectivity index (χ4n) is 2.53. The molecule has 0 aromatic rings. The van der Waals surface area contributed by atoms with Gasteiger partial charge in [0.05, 0.1) is 12.5 Å². The average molecular weight is 286 g/mol. The Morgan fingerprint density at radius 2 is 2.20 bits per heavy atom. The van der Waals surface area contributed by atoms with Gasteiger partial charge in [0.25, 0.3) is 0 Å². The summed E-state index contributed by atoms with van der Waals surface area (Å²) in [6, 6.07) is -0.782. The van der Waals surface area contributed by atoms with Crippen LogP contribution < -0.4 is 0 Å². The zero-order chi connectivity index (χ0) is 15.1. The van der Waals surface area contributed by atoms with E-state index in [1.54, 1.807) is 0 Å². The quantitative estimate of drug-likeness (QED) is 0.389. The van der Waals surface area contributed by atoms with Gasteiger partial charge < -0.3 is 10.0 Å². The lowest BCUT2D eigenvalue weighted by Gasteiger charge is -2.27. The first kappa shape index (κ1) is 16.4. The van der Waals surface area contributed by atoms with Gasteiger partial charge in [0.1, 0.15) is 6.04 Å². The number of aliphatic carboxylic acids is 1. The molecular formula is C13H22N2O5. The van der Waals surface area contributed by atoms with Crippen LogP contribution in [0.3, 0.4) is 0 Å². The molecule has 20 heavy (non-hydrogen) atoms. The summed E-state index contributed by atoms with van der Waals surface area (Å²) >= 11 is 0. The van der Waals surface area contributed by atoms with Crippen molar-refractivity contribution >= 4 is 18.3 Å². The molecule has 2 atom stereocenters. The number of nitrogens with zero attached hydrogens (tertiary/aromatic N) is 2. The largest absolute Gasteiger partial charge is 0.480 e. The van der Waals surface area contributed by atoms with E-state index < -0.39 is 17.9 Å². The third-order valence-electron chi connectivity index (χ3n) is 3.61. The molecule has 1 unspecified atom stereocenters. The summed E-state index contributed by atoms with van der Waals surface area (Å²) in [6.45, 7) is 2.31. The molecule has 0 bridgehead atoms. The Kier molecular flexibility index (Phi) is 6.44. The highest BCUT2D eigenvalue weighted by Crippen LogP contribution is 2.22. The molecule has 1 rings (SSSR count). The third-order valence-corrected chi connectivity index (χ3v) is 3.61. The Morgan fingerprint density at radius 1 is 1.50 bits per heavy atom. The molecule has 0 radical (unpaired) electrons. The molecule has 0 aromatic heterocycles. The Bertz CT molecular complexity index is 361. The number of hydrogen-bond acceptors (Lipinski definition) is 4. The fourth-order valence-corrected chi connectivity index (χ4v) is 2.53. The number of amides is 2. The minimum Gasteiger partial charge on any atom is -0.480 e. The van der Waals surface area contributed by atoms with Gasteiger partial charge in [0.2, 0.25) is 12.3 Å². The molecule has 2 N–H and O–H groups in total. The number of unbranched alkanes of at least 4 members (excludes halogenated alkanes) is 1. The summed E-state index contributed by atoms with van der Waals surface area (Å²) in [5.41, 5.74) is 0. The molecule has 1 heterocycles. The number of carbonyl (C=O) groups is 3. The average Bonchev–Trinajstić information content (AvgIpc) is 2.91. The lowest BCUT2D eigenvalue weighted by atomic mass is 10.00. The van der Waals surface area contributed by atoms with E-state index in [9.17, 15) is 19.6 Å². The molecule has 1 saturated heterocycles. The highest BCUT2D eigenvalue weighted by Gasteiger charge is 2.37. The molecular weight excluding hydrogens is 264 g/mol. The van der Waals surface area contributed by atoms with Gasteiger partial charge >= 0.3 is 5.97 Å². The van der Waals surface area contributed by atoms with Gasteiger partial charge in [-0.25, -0.2) is 9.86 Å². The summed E-state index contributed by atoms with van der Waals surface area (Å²) in [5, 5.41) is 18.8. The van der Waals surface area contributed by atoms with Crippen molar-refractivity contribution in [3.63, 3.8) is 0 Å². The molecule has 1 aliphatic heterocycles. The van der Waals surface area contributed by atoms with Crippen LogP contribution in [0.1, 0.15) is 39.0 Å². The van der Waals surface area contributed by atoms with Crippen LogP contribution in [0.4, 0.5) is 0 Å². The molecule has 0 aromatic carbocycles. The van der Waals surface area contributed by atoms with Crippen molar-refractivity contribution in [3.8, 4) is 0 Å². The summed E-state index contributed by atoms with van der Waals surface area (Å²) < 4.78 is 0. The van der Waals surface area contributed by atoms with Crippen LogP contribution in [0.25, 0.3) is 0 Å². The van der Waals surface area contributed by atoms with Crippen molar-refractivity contribution in [2.24, 2.45) is 5.92 Å². The first-order valence-corrected chi connectivity index (χ1v) is 6.95. The predicted molar refractivity (Wildman–Crippen MR) is 69.9 cm³/mol. The monoisotopic (exact) mass is 286 g/mol. The Labute approximate surface area is 118 Å². The lowest BCUT2D eigenvalue weighted by Crippen LogP contribution is -2.46. The second-order valence-corrected chi connectivity index (χ2v) is 5.09. The first-order valence-electron chi connectivity index (χ1n) is 6.95. The van der Waals surface area contributed by atoms with Gasteiger partial charge in [0, 0.05) is 6.54 Å². The minimum atomic E-state index is -0.999. The zero-order valence-corrected chi connectivity index (χ0v) is 11.7. The first-order chi connectivity index (χ1) is 9.51. The maximum atomic E-state index is 12.4. The fraction of sp³-hybridized carbons (Fsp3) is 0.769. The summed E-state index contributed by atoms with van der Waals surface area (Å²) in [7, 11) is 0. The van der Waals surface area contributed by atoms with E-state index in [-0.39, 0.29) is 18.9 Å². The lowest BCUT2D eigenvalue weighted by molar-refractivity contribution is -0.159. The smallest absolute Gasteiger partial charge is 0.326 e. The normalized spacial score (nSPS) is 19.7. The van der Waals surface area contributed by atoms with Crippen LogP contribution in [0.15, 0.2) is 0 Å². The summed E-state index contributed by atoms with van der Waals surface area (Å²) in [6.07, 6.45) is 3.58. The number of carboxylic acids is 1. The number of hydrogen-bond donors (Lipinski definition) is 2. The van der Waals surface area contributed by atoms with E-state index in [0.717, 1.165) is 12.8 Å². The molecule has 0 saturated carbocycles. The number of carboxylic acid groups (broad SMARTS) is 1. The zero-order valence-electron chi connectivity index (χ0n) is 11.7. The van der Waals surface area contributed by atoms with Gasteiger partial charge in [-0.2, -0.15) is 0 Å². The summed E-state index contributed by atoms with van der Waals surface area (Å²) in [4.78, 5) is 35.4. The van der Waals surface area contributed by atoms with Gasteiger partial charge in [-0.15, -0.1) is 0 Å². The van der Waals surface area contributed by atoms with E-state index in [1.807, 2.05) is 6.92 Å². The van der Waals surface area contributed by atoms with E-state index in [0.29, 0.717) is 30.9 Å². The Hall–Kier alpha value is -1.63. The van der Waals surface area contributed by atoms with Gasteiger partial charge in [-0.05, 0) is 19.3 Å². The molecule has 7 nitrogen and oxygen atoms in total. The van der Waals surface area contributed by atoms with E-state index in [4.69, 9.17) is 5.11 Å². The maximum Gasteiger partial charge on any atom is 0.326 e. The molecule has 7 heteroatoms. The molecule has 114 valence electrons. The van der Waals surface area contributed by atoms with E-state index in [2.05, 4.69) is 0 Å². The predicted octanol–water partition coefficient (Wildman–Crippen LogP) is 0.716. The minimum absolute atomic E-state index is 0.0921. The van der Waals surface area contributed by atoms with Crippen LogP contribution in [0.5, 0.6) is 0 Å². The summed E-state index contributed by atoms with van der Waals surface area (Å²) in [5.74, 6) is -1.84. The van der Waals surface area contributed by atoms with Crippen molar-refractivity contribution in [1.29, 1.82) is 0 Å². The van der Waals surface area contributed by atoms with E-state index >= 15 is 0 Å². The van der Waals surface area contributed by atoms with Crippen LogP contribution in [0, 0.1) is 5.92 Å². The highest BCUT2D eigenvalue weighted by molar-refractivity contribution is 5.85. The van der Waals surface area contributed by atoms with Crippen LogP contribution in [0.2, 0.25) is 0 Å².